The highest BCUT2D eigenvalue weighted by atomic mass is 32.2. The van der Waals surface area contributed by atoms with Gasteiger partial charge in [-0.25, -0.2) is 0 Å². The van der Waals surface area contributed by atoms with E-state index in [0.717, 1.165) is 6.54 Å². The smallest absolute Gasteiger partial charge is 0.0422 e. The van der Waals surface area contributed by atoms with Gasteiger partial charge in [0, 0.05) is 17.5 Å². The van der Waals surface area contributed by atoms with Crippen LogP contribution in [-0.2, 0) is 0 Å². The van der Waals surface area contributed by atoms with E-state index in [1.54, 1.807) is 0 Å². The summed E-state index contributed by atoms with van der Waals surface area (Å²) in [6, 6.07) is 0. The summed E-state index contributed by atoms with van der Waals surface area (Å²) in [5.41, 5.74) is 2.95. The molecule has 1 nitrogen and oxygen atoms in total. The molecule has 2 heteroatoms. The Labute approximate surface area is 143 Å². The van der Waals surface area contributed by atoms with Gasteiger partial charge in [-0.05, 0) is 56.2 Å². The topological polar surface area (TPSA) is 3.24 Å². The number of hydrogen-bond acceptors (Lipinski definition) is 2. The molecule has 1 unspecified atom stereocenters. The van der Waals surface area contributed by atoms with E-state index in [1.165, 1.54) is 29.9 Å². The highest BCUT2D eigenvalue weighted by Gasteiger charge is 2.21. The summed E-state index contributed by atoms with van der Waals surface area (Å²) < 4.78 is 0. The van der Waals surface area contributed by atoms with Gasteiger partial charge in [0.2, 0.25) is 0 Å². The Morgan fingerprint density at radius 2 is 1.91 bits per heavy atom. The van der Waals surface area contributed by atoms with Crippen LogP contribution in [0, 0.1) is 5.41 Å². The van der Waals surface area contributed by atoms with E-state index >= 15 is 0 Å². The molecule has 0 aliphatic heterocycles. The van der Waals surface area contributed by atoms with Crippen LogP contribution in [0.2, 0.25) is 0 Å². The van der Waals surface area contributed by atoms with Crippen LogP contribution in [0.5, 0.6) is 0 Å². The molecule has 0 aromatic carbocycles. The van der Waals surface area contributed by atoms with Crippen molar-refractivity contribution in [3.8, 4) is 0 Å². The third-order valence-corrected chi connectivity index (χ3v) is 5.41. The Bertz CT molecular complexity index is 404. The minimum Gasteiger partial charge on any atom is -0.351 e. The maximum absolute atomic E-state index is 3.96. The number of thioether (sulfide) groups is 1. The molecular weight excluding hydrogens is 286 g/mol. The minimum absolute atomic E-state index is 0.399. The van der Waals surface area contributed by atoms with Gasteiger partial charge in [-0.2, -0.15) is 11.8 Å². The third kappa shape index (κ3) is 7.93. The molecule has 1 atom stereocenters. The van der Waals surface area contributed by atoms with Crippen molar-refractivity contribution in [2.75, 3.05) is 12.3 Å². The molecular formula is C20H35NS. The van der Waals surface area contributed by atoms with Crippen molar-refractivity contribution in [1.29, 1.82) is 0 Å². The number of allylic oxidation sites excluding steroid dienone is 4. The Hall–Kier alpha value is -0.890. The van der Waals surface area contributed by atoms with Crippen LogP contribution in [0.4, 0.5) is 0 Å². The van der Waals surface area contributed by atoms with Crippen molar-refractivity contribution in [1.82, 2.24) is 4.90 Å². The standard InChI is InChI=1S/C20H35NS/c1-9-13-17(5)15-19(21(11-3)12-4)18(6)22-16-20(7,8)14-10-2/h9,11,13,15,18H,1,3,10,12,14,16H2,2,4-8H3/b17-13-,19-15+. The highest BCUT2D eigenvalue weighted by Crippen LogP contribution is 2.32. The number of hydrogen-bond donors (Lipinski definition) is 0. The molecule has 0 N–H and O–H groups in total. The first kappa shape index (κ1) is 21.1. The zero-order valence-electron chi connectivity index (χ0n) is 15.5. The fourth-order valence-corrected chi connectivity index (χ4v) is 3.72. The van der Waals surface area contributed by atoms with Gasteiger partial charge >= 0.3 is 0 Å². The lowest BCUT2D eigenvalue weighted by Gasteiger charge is -2.30. The molecule has 0 amide bonds. The number of rotatable bonds is 11. The molecule has 0 heterocycles. The average molecular weight is 322 g/mol. The van der Waals surface area contributed by atoms with Crippen LogP contribution in [-0.4, -0.2) is 22.4 Å². The third-order valence-electron chi connectivity index (χ3n) is 3.72. The summed E-state index contributed by atoms with van der Waals surface area (Å²) in [5.74, 6) is 1.18. The lowest BCUT2D eigenvalue weighted by molar-refractivity contribution is 0.382. The zero-order valence-corrected chi connectivity index (χ0v) is 16.3. The molecule has 0 aromatic rings. The van der Waals surface area contributed by atoms with E-state index in [9.17, 15) is 0 Å². The van der Waals surface area contributed by atoms with Gasteiger partial charge in [0.05, 0.1) is 0 Å². The zero-order chi connectivity index (χ0) is 17.2. The van der Waals surface area contributed by atoms with Gasteiger partial charge in [-0.1, -0.05) is 52.5 Å². The molecule has 0 bridgehead atoms. The first-order chi connectivity index (χ1) is 10.3. The first-order valence-corrected chi connectivity index (χ1v) is 9.37. The largest absolute Gasteiger partial charge is 0.351 e. The Morgan fingerprint density at radius 1 is 1.27 bits per heavy atom. The van der Waals surface area contributed by atoms with E-state index in [2.05, 4.69) is 71.8 Å². The van der Waals surface area contributed by atoms with Gasteiger partial charge in [0.15, 0.2) is 0 Å². The molecule has 0 radical (unpaired) electrons. The van der Waals surface area contributed by atoms with Crippen LogP contribution in [0.3, 0.4) is 0 Å². The lowest BCUT2D eigenvalue weighted by Crippen LogP contribution is -2.24. The Morgan fingerprint density at radius 3 is 2.36 bits per heavy atom. The molecule has 22 heavy (non-hydrogen) atoms. The quantitative estimate of drug-likeness (QED) is 0.404. The molecule has 0 aliphatic rings. The monoisotopic (exact) mass is 321 g/mol. The summed E-state index contributed by atoms with van der Waals surface area (Å²) >= 11 is 2.04. The van der Waals surface area contributed by atoms with Crippen LogP contribution < -0.4 is 0 Å². The second-order valence-corrected chi connectivity index (χ2v) is 7.88. The van der Waals surface area contributed by atoms with Gasteiger partial charge in [-0.3, -0.25) is 0 Å². The van der Waals surface area contributed by atoms with Crippen molar-refractivity contribution in [3.05, 3.63) is 48.9 Å². The summed E-state index contributed by atoms with van der Waals surface area (Å²) in [6.07, 6.45) is 10.6. The van der Waals surface area contributed by atoms with Crippen molar-refractivity contribution >= 4 is 11.8 Å². The fraction of sp³-hybridized carbons (Fsp3) is 0.600. The van der Waals surface area contributed by atoms with Crippen molar-refractivity contribution in [3.63, 3.8) is 0 Å². The fourth-order valence-electron chi connectivity index (χ4n) is 2.50. The normalized spacial score (nSPS) is 14.6. The van der Waals surface area contributed by atoms with Gasteiger partial charge in [0.1, 0.15) is 0 Å². The van der Waals surface area contributed by atoms with Crippen molar-refractivity contribution < 1.29 is 0 Å². The Kier molecular flexibility index (Phi) is 10.3. The molecule has 0 saturated carbocycles. The summed E-state index contributed by atoms with van der Waals surface area (Å²) in [4.78, 5) is 2.24. The minimum atomic E-state index is 0.399. The average Bonchev–Trinajstić information content (AvgIpc) is 2.45. The highest BCUT2D eigenvalue weighted by molar-refractivity contribution is 8.00. The van der Waals surface area contributed by atoms with Gasteiger partial charge < -0.3 is 4.90 Å². The predicted molar refractivity (Wildman–Crippen MR) is 105 cm³/mol. The van der Waals surface area contributed by atoms with E-state index in [1.807, 2.05) is 24.0 Å². The molecule has 0 aliphatic carbocycles. The second-order valence-electron chi connectivity index (χ2n) is 6.55. The lowest BCUT2D eigenvalue weighted by atomic mass is 9.91. The SMILES string of the molecule is C=C/C=C(C)\C=C(/C(C)SCC(C)(C)CCC)N(C=C)CC. The second kappa shape index (κ2) is 10.8. The van der Waals surface area contributed by atoms with Crippen molar-refractivity contribution in [2.45, 2.75) is 59.6 Å². The maximum Gasteiger partial charge on any atom is 0.0422 e. The maximum atomic E-state index is 3.96. The van der Waals surface area contributed by atoms with Crippen LogP contribution in [0.1, 0.15) is 54.4 Å². The van der Waals surface area contributed by atoms with Crippen molar-refractivity contribution in [2.24, 2.45) is 5.41 Å². The molecule has 0 spiro atoms. The molecule has 0 fully saturated rings. The molecule has 0 rings (SSSR count). The molecule has 0 saturated heterocycles. The van der Waals surface area contributed by atoms with Gasteiger partial charge in [-0.15, -0.1) is 0 Å². The van der Waals surface area contributed by atoms with Crippen LogP contribution in [0.15, 0.2) is 48.9 Å². The van der Waals surface area contributed by atoms with Crippen LogP contribution >= 0.6 is 11.8 Å². The Balaban J connectivity index is 5.13. The van der Waals surface area contributed by atoms with E-state index in [4.69, 9.17) is 0 Å². The number of nitrogens with zero attached hydrogens (tertiary/aromatic N) is 1. The summed E-state index contributed by atoms with van der Waals surface area (Å²) in [5, 5.41) is 0.447. The van der Waals surface area contributed by atoms with E-state index in [0.29, 0.717) is 10.7 Å². The van der Waals surface area contributed by atoms with E-state index < -0.39 is 0 Å². The molecule has 0 aromatic heterocycles. The predicted octanol–water partition coefficient (Wildman–Crippen LogP) is 6.42. The summed E-state index contributed by atoms with van der Waals surface area (Å²) in [7, 11) is 0. The van der Waals surface area contributed by atoms with E-state index in [-0.39, 0.29) is 0 Å². The first-order valence-electron chi connectivity index (χ1n) is 8.33. The molecule has 126 valence electrons. The van der Waals surface area contributed by atoms with Crippen LogP contribution in [0.25, 0.3) is 0 Å². The van der Waals surface area contributed by atoms with Gasteiger partial charge in [0.25, 0.3) is 0 Å². The summed E-state index contributed by atoms with van der Waals surface area (Å²) in [6.45, 7) is 22.3.